The maximum atomic E-state index is 10.9. The lowest BCUT2D eigenvalue weighted by Crippen LogP contribution is -1.92. The topological polar surface area (TPSA) is 26.3 Å². The van der Waals surface area contributed by atoms with Gasteiger partial charge in [0, 0.05) is 5.02 Å². The Labute approximate surface area is 123 Å². The summed E-state index contributed by atoms with van der Waals surface area (Å²) in [4.78, 5) is 10.9. The quantitative estimate of drug-likeness (QED) is 0.700. The van der Waals surface area contributed by atoms with Crippen LogP contribution in [0.15, 0.2) is 40.9 Å². The average molecular weight is 346 g/mol. The fourth-order valence-electron chi connectivity index (χ4n) is 1.39. The van der Waals surface area contributed by atoms with Crippen LogP contribution in [-0.2, 0) is 0 Å². The maximum Gasteiger partial charge on any atom is 0.156 e. The summed E-state index contributed by atoms with van der Waals surface area (Å²) in [5, 5.41) is 0.963. The lowest BCUT2D eigenvalue weighted by Gasteiger charge is -2.11. The van der Waals surface area contributed by atoms with Crippen molar-refractivity contribution in [3.63, 3.8) is 0 Å². The van der Waals surface area contributed by atoms with Gasteiger partial charge >= 0.3 is 0 Å². The molecule has 0 aliphatic carbocycles. The lowest BCUT2D eigenvalue weighted by molar-refractivity contribution is 0.112. The van der Waals surface area contributed by atoms with Crippen molar-refractivity contribution in [2.75, 3.05) is 0 Å². The van der Waals surface area contributed by atoms with Gasteiger partial charge in [0.15, 0.2) is 12.0 Å². The molecule has 2 aromatic carbocycles. The minimum atomic E-state index is 0.331. The number of hydrogen-bond donors (Lipinski definition) is 0. The molecule has 0 aromatic heterocycles. The summed E-state index contributed by atoms with van der Waals surface area (Å²) < 4.78 is 6.34. The zero-order chi connectivity index (χ0) is 13.1. The molecule has 0 amide bonds. The molecule has 2 rings (SSSR count). The molecule has 18 heavy (non-hydrogen) atoms. The van der Waals surface area contributed by atoms with Gasteiger partial charge in [0.05, 0.1) is 15.1 Å². The molecule has 0 atom stereocenters. The van der Waals surface area contributed by atoms with Crippen molar-refractivity contribution in [1.82, 2.24) is 0 Å². The van der Waals surface area contributed by atoms with Gasteiger partial charge in [0.1, 0.15) is 5.75 Å². The first-order valence-electron chi connectivity index (χ1n) is 4.98. The standard InChI is InChI=1S/C13H7BrCl2O2/c14-10-6-9(15)4-5-12(10)18-13-8(7-17)2-1-3-11(13)16/h1-7H. The second kappa shape index (κ2) is 5.74. The van der Waals surface area contributed by atoms with Crippen molar-refractivity contribution in [2.24, 2.45) is 0 Å². The summed E-state index contributed by atoms with van der Waals surface area (Å²) in [6.45, 7) is 0. The predicted molar refractivity (Wildman–Crippen MR) is 76.1 cm³/mol. The van der Waals surface area contributed by atoms with E-state index in [1.54, 1.807) is 36.4 Å². The molecule has 0 unspecified atom stereocenters. The number of benzene rings is 2. The normalized spacial score (nSPS) is 10.2. The van der Waals surface area contributed by atoms with E-state index in [0.717, 1.165) is 0 Å². The Morgan fingerprint density at radius 1 is 1.17 bits per heavy atom. The SMILES string of the molecule is O=Cc1cccc(Cl)c1Oc1ccc(Cl)cc1Br. The van der Waals surface area contributed by atoms with Crippen molar-refractivity contribution in [1.29, 1.82) is 0 Å². The van der Waals surface area contributed by atoms with E-state index in [9.17, 15) is 4.79 Å². The van der Waals surface area contributed by atoms with Crippen LogP contribution in [0.25, 0.3) is 0 Å². The fraction of sp³-hybridized carbons (Fsp3) is 0. The molecule has 0 saturated heterocycles. The summed E-state index contributed by atoms with van der Waals surface area (Å²) in [5.41, 5.74) is 0.393. The van der Waals surface area contributed by atoms with Gasteiger partial charge in [-0.1, -0.05) is 29.3 Å². The smallest absolute Gasteiger partial charge is 0.156 e. The zero-order valence-electron chi connectivity index (χ0n) is 8.99. The molecule has 0 saturated carbocycles. The highest BCUT2D eigenvalue weighted by Gasteiger charge is 2.11. The first-order valence-corrected chi connectivity index (χ1v) is 6.53. The van der Waals surface area contributed by atoms with Crippen LogP contribution in [0.3, 0.4) is 0 Å². The van der Waals surface area contributed by atoms with E-state index < -0.39 is 0 Å². The molecule has 0 aliphatic rings. The van der Waals surface area contributed by atoms with Gasteiger partial charge in [-0.3, -0.25) is 4.79 Å². The lowest BCUT2D eigenvalue weighted by atomic mass is 10.2. The van der Waals surface area contributed by atoms with Crippen molar-refractivity contribution < 1.29 is 9.53 Å². The van der Waals surface area contributed by atoms with E-state index in [-0.39, 0.29) is 0 Å². The Hall–Kier alpha value is -1.03. The molecular weight excluding hydrogens is 339 g/mol. The van der Waals surface area contributed by atoms with E-state index >= 15 is 0 Å². The Kier molecular flexibility index (Phi) is 4.27. The molecule has 5 heteroatoms. The van der Waals surface area contributed by atoms with E-state index in [2.05, 4.69) is 15.9 Å². The Morgan fingerprint density at radius 3 is 2.61 bits per heavy atom. The van der Waals surface area contributed by atoms with Crippen LogP contribution in [0.1, 0.15) is 10.4 Å². The summed E-state index contributed by atoms with van der Waals surface area (Å²) in [6.07, 6.45) is 0.699. The van der Waals surface area contributed by atoms with Gasteiger partial charge in [-0.15, -0.1) is 0 Å². The van der Waals surface area contributed by atoms with Crippen LogP contribution in [-0.4, -0.2) is 6.29 Å². The molecule has 0 aliphatic heterocycles. The van der Waals surface area contributed by atoms with Gasteiger partial charge in [-0.05, 0) is 46.3 Å². The first-order chi connectivity index (χ1) is 8.61. The number of rotatable bonds is 3. The molecule has 0 bridgehead atoms. The largest absolute Gasteiger partial charge is 0.454 e. The molecule has 92 valence electrons. The van der Waals surface area contributed by atoms with Crippen molar-refractivity contribution in [3.8, 4) is 11.5 Å². The second-order valence-corrected chi connectivity index (χ2v) is 5.15. The molecule has 0 heterocycles. The minimum absolute atomic E-state index is 0.331. The summed E-state index contributed by atoms with van der Waals surface area (Å²) >= 11 is 15.2. The van der Waals surface area contributed by atoms with E-state index in [1.807, 2.05) is 0 Å². The third-order valence-electron chi connectivity index (χ3n) is 2.23. The molecular formula is C13H7BrCl2O2. The maximum absolute atomic E-state index is 10.9. The van der Waals surface area contributed by atoms with Crippen LogP contribution in [0.4, 0.5) is 0 Å². The second-order valence-electron chi connectivity index (χ2n) is 3.45. The van der Waals surface area contributed by atoms with Crippen LogP contribution >= 0.6 is 39.1 Å². The van der Waals surface area contributed by atoms with Gasteiger partial charge in [0.2, 0.25) is 0 Å². The molecule has 2 nitrogen and oxygen atoms in total. The molecule has 0 N–H and O–H groups in total. The number of para-hydroxylation sites is 1. The van der Waals surface area contributed by atoms with Gasteiger partial charge in [-0.25, -0.2) is 0 Å². The highest BCUT2D eigenvalue weighted by Crippen LogP contribution is 2.36. The van der Waals surface area contributed by atoms with E-state index in [0.29, 0.717) is 37.9 Å². The van der Waals surface area contributed by atoms with Crippen molar-refractivity contribution in [3.05, 3.63) is 56.5 Å². The Morgan fingerprint density at radius 2 is 1.94 bits per heavy atom. The molecule has 0 spiro atoms. The highest BCUT2D eigenvalue weighted by atomic mass is 79.9. The Bertz CT molecular complexity index is 600. The third kappa shape index (κ3) is 2.86. The van der Waals surface area contributed by atoms with Crippen molar-refractivity contribution >= 4 is 45.4 Å². The first kappa shape index (κ1) is 13.4. The molecule has 0 radical (unpaired) electrons. The third-order valence-corrected chi connectivity index (χ3v) is 3.38. The molecule has 2 aromatic rings. The highest BCUT2D eigenvalue weighted by molar-refractivity contribution is 9.10. The number of hydrogen-bond acceptors (Lipinski definition) is 2. The summed E-state index contributed by atoms with van der Waals surface area (Å²) in [5.74, 6) is 0.868. The van der Waals surface area contributed by atoms with E-state index in [1.165, 1.54) is 0 Å². The fourth-order valence-corrected chi connectivity index (χ4v) is 2.38. The van der Waals surface area contributed by atoms with Gasteiger partial charge in [0.25, 0.3) is 0 Å². The number of carbonyl (C=O) groups excluding carboxylic acids is 1. The average Bonchev–Trinajstić information content (AvgIpc) is 2.34. The Balaban J connectivity index is 2.42. The van der Waals surface area contributed by atoms with Gasteiger partial charge < -0.3 is 4.74 Å². The number of halogens is 3. The number of aldehydes is 1. The van der Waals surface area contributed by atoms with Crippen molar-refractivity contribution in [2.45, 2.75) is 0 Å². The summed E-state index contributed by atoms with van der Waals surface area (Å²) in [6, 6.07) is 10.1. The van der Waals surface area contributed by atoms with E-state index in [4.69, 9.17) is 27.9 Å². The van der Waals surface area contributed by atoms with Crippen LogP contribution in [0.5, 0.6) is 11.5 Å². The number of carbonyl (C=O) groups is 1. The van der Waals surface area contributed by atoms with Gasteiger partial charge in [-0.2, -0.15) is 0 Å². The van der Waals surface area contributed by atoms with Crippen LogP contribution in [0, 0.1) is 0 Å². The zero-order valence-corrected chi connectivity index (χ0v) is 12.1. The van der Waals surface area contributed by atoms with Crippen LogP contribution < -0.4 is 4.74 Å². The minimum Gasteiger partial charge on any atom is -0.454 e. The monoisotopic (exact) mass is 344 g/mol. The summed E-state index contributed by atoms with van der Waals surface area (Å²) in [7, 11) is 0. The van der Waals surface area contributed by atoms with Crippen LogP contribution in [0.2, 0.25) is 10.0 Å². The molecule has 0 fully saturated rings. The number of ether oxygens (including phenoxy) is 1. The predicted octanol–water partition coefficient (Wildman–Crippen LogP) is 5.36.